The van der Waals surface area contributed by atoms with Crippen LogP contribution in [-0.4, -0.2) is 103 Å². The van der Waals surface area contributed by atoms with Gasteiger partial charge in [0.05, 0.1) is 12.3 Å². The van der Waals surface area contributed by atoms with Crippen LogP contribution >= 0.6 is 21.3 Å². The molecule has 1 saturated heterocycles. The summed E-state index contributed by atoms with van der Waals surface area (Å²) in [5.74, 6) is 0.977. The van der Waals surface area contributed by atoms with Crippen LogP contribution in [0.3, 0.4) is 0 Å². The highest BCUT2D eigenvalue weighted by Crippen LogP contribution is 2.59. The summed E-state index contributed by atoms with van der Waals surface area (Å²) in [5, 5.41) is 20.0. The molecule has 0 spiro atoms. The van der Waals surface area contributed by atoms with Crippen molar-refractivity contribution >= 4 is 48.1 Å². The van der Waals surface area contributed by atoms with E-state index in [1.165, 1.54) is 25.4 Å². The van der Waals surface area contributed by atoms with E-state index in [-0.39, 0.29) is 0 Å². The molecule has 1 rings (SSSR count). The minimum Gasteiger partial charge on any atom is -0.385 e. The molecule has 1 heterocycles. The highest BCUT2D eigenvalue weighted by Gasteiger charge is 2.53. The molecule has 1 aliphatic heterocycles. The second-order valence-electron chi connectivity index (χ2n) is 8.92. The second-order valence-corrected chi connectivity index (χ2v) is 20.4. The highest BCUT2D eigenvalue weighted by atomic mass is 31.2. The van der Waals surface area contributed by atoms with Crippen molar-refractivity contribution in [3.8, 4) is 0 Å². The number of aliphatic hydroxyl groups is 2. The number of ether oxygens (including phenoxy) is 2. The molecule has 1 fully saturated rings. The van der Waals surface area contributed by atoms with Crippen molar-refractivity contribution in [3.63, 3.8) is 0 Å². The lowest BCUT2D eigenvalue weighted by molar-refractivity contribution is -0.188. The second kappa shape index (κ2) is 9.87. The maximum absolute atomic E-state index is 10.3. The van der Waals surface area contributed by atoms with Crippen LogP contribution in [0.1, 0.15) is 41.5 Å². The van der Waals surface area contributed by atoms with Gasteiger partial charge < -0.3 is 19.7 Å². The summed E-state index contributed by atoms with van der Waals surface area (Å²) >= 11 is 0. The first kappa shape index (κ1) is 26.7. The molecule has 0 aromatic carbocycles. The van der Waals surface area contributed by atoms with Gasteiger partial charge in [0.15, 0.2) is 6.29 Å². The number of rotatable bonds is 11. The monoisotopic (exact) mass is 449 g/mol. The van der Waals surface area contributed by atoms with Crippen LogP contribution in [0.2, 0.25) is 0 Å². The Balaban J connectivity index is 2.82. The molecular weight excluding hydrogens is 408 g/mol. The fraction of sp³-hybridized carbons (Fsp3) is 0.850. The lowest BCUT2D eigenvalue weighted by Crippen LogP contribution is -2.46. The molecule has 1 aliphatic rings. The van der Waals surface area contributed by atoms with Crippen LogP contribution in [0.25, 0.3) is 0 Å². The zero-order valence-corrected chi connectivity index (χ0v) is 21.4. The van der Waals surface area contributed by atoms with Gasteiger partial charge in [0.2, 0.25) is 5.34 Å². The van der Waals surface area contributed by atoms with Crippen molar-refractivity contribution in [1.82, 2.24) is 0 Å². The Labute approximate surface area is 175 Å². The number of hydrogen-bond acceptors (Lipinski definition) is 4. The average molecular weight is 449 g/mol. The molecular formula is C20H41BO4P3+. The van der Waals surface area contributed by atoms with Crippen LogP contribution in [-0.2, 0) is 9.47 Å². The van der Waals surface area contributed by atoms with Gasteiger partial charge in [-0.25, -0.2) is 0 Å². The molecule has 0 bridgehead atoms. The summed E-state index contributed by atoms with van der Waals surface area (Å²) in [6.45, 7) is 9.73. The topological polar surface area (TPSA) is 58.9 Å². The highest BCUT2D eigenvalue weighted by molar-refractivity contribution is 7.84. The van der Waals surface area contributed by atoms with E-state index < -0.39 is 50.7 Å². The van der Waals surface area contributed by atoms with Crippen LogP contribution in [0.5, 0.6) is 0 Å². The van der Waals surface area contributed by atoms with Crippen LogP contribution in [0.4, 0.5) is 0 Å². The van der Waals surface area contributed by atoms with Crippen molar-refractivity contribution in [2.24, 2.45) is 0 Å². The van der Waals surface area contributed by atoms with Crippen molar-refractivity contribution in [2.45, 2.75) is 70.9 Å². The Morgan fingerprint density at radius 1 is 1.14 bits per heavy atom. The molecule has 28 heavy (non-hydrogen) atoms. The molecule has 0 saturated carbocycles. The minimum absolute atomic E-state index is 0.578. The predicted octanol–water partition coefficient (Wildman–Crippen LogP) is 3.53. The first-order chi connectivity index (χ1) is 12.7. The summed E-state index contributed by atoms with van der Waals surface area (Å²) < 4.78 is 11.6. The average Bonchev–Trinajstić information content (AvgIpc) is 2.82. The van der Waals surface area contributed by atoms with E-state index in [1.807, 2.05) is 13.8 Å². The third-order valence-electron chi connectivity index (χ3n) is 6.41. The maximum atomic E-state index is 10.3. The van der Waals surface area contributed by atoms with E-state index >= 15 is 0 Å². The predicted molar refractivity (Wildman–Crippen MR) is 135 cm³/mol. The quantitative estimate of drug-likeness (QED) is 0.375. The van der Waals surface area contributed by atoms with Crippen LogP contribution < -0.4 is 0 Å². The third-order valence-corrected chi connectivity index (χ3v) is 18.5. The molecule has 0 amide bonds. The molecule has 2 radical (unpaired) electrons. The number of hydrogen-bond donors (Lipinski definition) is 2. The fourth-order valence-electron chi connectivity index (χ4n) is 3.08. The van der Waals surface area contributed by atoms with E-state index in [2.05, 4.69) is 39.7 Å². The molecule has 0 aliphatic carbocycles. The maximum Gasteiger partial charge on any atom is 0.221 e. The molecule has 2 unspecified atom stereocenters. The van der Waals surface area contributed by atoms with E-state index in [0.29, 0.717) is 0 Å². The summed E-state index contributed by atoms with van der Waals surface area (Å²) in [5.41, 5.74) is -1.53. The summed E-state index contributed by atoms with van der Waals surface area (Å²) in [6.07, 6.45) is 17.4. The lowest BCUT2D eigenvalue weighted by Gasteiger charge is -2.30. The van der Waals surface area contributed by atoms with Crippen molar-refractivity contribution in [3.05, 3.63) is 0 Å². The SMILES string of the molecule is [B][C@@H]1O[C@H](OC(C)(C)[P+](=C)CP(=C)(CC)CCP(=C)(CC)CC)[C@@H](O)[C@@]1(C)O. The third kappa shape index (κ3) is 6.34. The Morgan fingerprint density at radius 3 is 2.00 bits per heavy atom. The van der Waals surface area contributed by atoms with E-state index in [0.717, 1.165) is 18.2 Å². The van der Waals surface area contributed by atoms with Gasteiger partial charge in [-0.05, 0) is 37.7 Å². The Kier molecular flexibility index (Phi) is 9.41. The van der Waals surface area contributed by atoms with Gasteiger partial charge in [-0.15, -0.1) is 13.2 Å². The zero-order chi connectivity index (χ0) is 22.0. The summed E-state index contributed by atoms with van der Waals surface area (Å²) in [4.78, 5) is 0. The van der Waals surface area contributed by atoms with Crippen LogP contribution in [0.15, 0.2) is 0 Å². The first-order valence-corrected chi connectivity index (χ1v) is 16.9. The van der Waals surface area contributed by atoms with Gasteiger partial charge in [-0.1, -0.05) is 34.0 Å². The standard InChI is InChI=1S/C20H41BO4P3/c1-10-27(8,11-2)13-14-28(9,12-3)15-26(7)19(4,5)25-17-16(22)20(6,23)18(21)24-17/h16-18,22-23H,7-15H2,1-6H3/q+1/t16-,17-,18-,20-,28?/m1/s1. The van der Waals surface area contributed by atoms with Gasteiger partial charge in [0.1, 0.15) is 33.0 Å². The van der Waals surface area contributed by atoms with Gasteiger partial charge in [-0.2, -0.15) is 0 Å². The van der Waals surface area contributed by atoms with Crippen LogP contribution in [0, 0.1) is 0 Å². The van der Waals surface area contributed by atoms with Crippen molar-refractivity contribution in [2.75, 3.05) is 36.7 Å². The molecule has 0 aromatic heterocycles. The van der Waals surface area contributed by atoms with Gasteiger partial charge >= 0.3 is 0 Å². The molecule has 162 valence electrons. The molecule has 4 nitrogen and oxygen atoms in total. The summed E-state index contributed by atoms with van der Waals surface area (Å²) in [7, 11) is 5.03. The van der Waals surface area contributed by atoms with Crippen molar-refractivity contribution in [1.29, 1.82) is 0 Å². The van der Waals surface area contributed by atoms with Gasteiger partial charge in [-0.3, -0.25) is 0 Å². The molecule has 6 atom stereocenters. The Morgan fingerprint density at radius 2 is 1.61 bits per heavy atom. The lowest BCUT2D eigenvalue weighted by atomic mass is 9.83. The Hall–Kier alpha value is 0.675. The fourth-order valence-corrected chi connectivity index (χ4v) is 13.7. The van der Waals surface area contributed by atoms with E-state index in [9.17, 15) is 10.2 Å². The molecule has 2 N–H and O–H groups in total. The zero-order valence-electron chi connectivity index (χ0n) is 18.7. The molecule has 8 heteroatoms. The summed E-state index contributed by atoms with van der Waals surface area (Å²) in [6, 6.07) is -0.980. The Bertz CT molecular complexity index is 639. The smallest absolute Gasteiger partial charge is 0.221 e. The largest absolute Gasteiger partial charge is 0.385 e. The van der Waals surface area contributed by atoms with E-state index in [4.69, 9.17) is 17.3 Å². The van der Waals surface area contributed by atoms with E-state index in [1.54, 1.807) is 0 Å². The van der Waals surface area contributed by atoms with Gasteiger partial charge in [0.25, 0.3) is 0 Å². The van der Waals surface area contributed by atoms with Crippen molar-refractivity contribution < 1.29 is 19.7 Å². The minimum atomic E-state index is -1.53. The first-order valence-electron chi connectivity index (χ1n) is 10.1. The normalized spacial score (nSPS) is 31.6. The van der Waals surface area contributed by atoms with Gasteiger partial charge in [0, 0.05) is 13.8 Å². The number of aliphatic hydroxyl groups excluding tert-OH is 1. The molecule has 0 aromatic rings.